The Hall–Kier alpha value is -3.22. The van der Waals surface area contributed by atoms with Gasteiger partial charge in [-0.05, 0) is 36.1 Å². The predicted molar refractivity (Wildman–Crippen MR) is 103 cm³/mol. The third-order valence-corrected chi connectivity index (χ3v) is 4.91. The number of hydrogen-bond acceptors (Lipinski definition) is 4. The number of amides is 1. The Morgan fingerprint density at radius 1 is 1.21 bits per heavy atom. The second kappa shape index (κ2) is 7.42. The molecule has 2 heterocycles. The van der Waals surface area contributed by atoms with Gasteiger partial charge < -0.3 is 15.0 Å². The van der Waals surface area contributed by atoms with Gasteiger partial charge in [-0.3, -0.25) is 4.79 Å². The Labute approximate surface area is 160 Å². The van der Waals surface area contributed by atoms with Crippen molar-refractivity contribution in [1.82, 2.24) is 10.3 Å². The van der Waals surface area contributed by atoms with Crippen LogP contribution in [0.25, 0.3) is 10.8 Å². The van der Waals surface area contributed by atoms with Crippen molar-refractivity contribution in [2.45, 2.75) is 12.5 Å². The van der Waals surface area contributed by atoms with E-state index in [1.165, 1.54) is 19.2 Å². The number of nitrogens with one attached hydrogen (secondary N) is 1. The van der Waals surface area contributed by atoms with Crippen LogP contribution in [0.4, 0.5) is 14.5 Å². The Balaban J connectivity index is 1.49. The van der Waals surface area contributed by atoms with Crippen molar-refractivity contribution in [3.05, 3.63) is 65.9 Å². The standard InChI is InChI=1S/C21H19F2N3O2/c1-28-21-16-5-3-2-4-13(16)10-18(25-21)20(27)24-15-8-9-26(12-15)19-7-6-14(22)11-17(19)23/h2-7,10-11,15H,8-9,12H2,1H3,(H,24,27). The summed E-state index contributed by atoms with van der Waals surface area (Å²) in [6.07, 6.45) is 0.660. The number of carbonyl (C=O) groups excluding carboxylic acids is 1. The molecule has 7 heteroatoms. The van der Waals surface area contributed by atoms with E-state index in [-0.39, 0.29) is 17.6 Å². The highest BCUT2D eigenvalue weighted by atomic mass is 19.1. The summed E-state index contributed by atoms with van der Waals surface area (Å²) in [6, 6.07) is 12.6. The number of fused-ring (bicyclic) bond motifs is 1. The number of ether oxygens (including phenoxy) is 1. The average molecular weight is 383 g/mol. The number of aromatic nitrogens is 1. The molecule has 0 aliphatic carbocycles. The van der Waals surface area contributed by atoms with E-state index in [0.29, 0.717) is 31.1 Å². The van der Waals surface area contributed by atoms with Crippen LogP contribution >= 0.6 is 0 Å². The fraction of sp³-hybridized carbons (Fsp3) is 0.238. The Kier molecular flexibility index (Phi) is 4.81. The minimum Gasteiger partial charge on any atom is -0.481 e. The number of hydrogen-bond donors (Lipinski definition) is 1. The number of nitrogens with zero attached hydrogens (tertiary/aromatic N) is 2. The van der Waals surface area contributed by atoms with Crippen LogP contribution in [0.5, 0.6) is 5.88 Å². The van der Waals surface area contributed by atoms with Gasteiger partial charge in [0.15, 0.2) is 0 Å². The molecular weight excluding hydrogens is 364 g/mol. The second-order valence-electron chi connectivity index (χ2n) is 6.74. The first kappa shape index (κ1) is 18.2. The number of benzene rings is 2. The molecule has 28 heavy (non-hydrogen) atoms. The lowest BCUT2D eigenvalue weighted by atomic mass is 10.1. The van der Waals surface area contributed by atoms with E-state index in [0.717, 1.165) is 16.8 Å². The molecule has 1 N–H and O–H groups in total. The van der Waals surface area contributed by atoms with Gasteiger partial charge in [0.2, 0.25) is 5.88 Å². The van der Waals surface area contributed by atoms with Crippen LogP contribution in [0.15, 0.2) is 48.5 Å². The van der Waals surface area contributed by atoms with Crippen LogP contribution in [0, 0.1) is 11.6 Å². The molecule has 0 radical (unpaired) electrons. The van der Waals surface area contributed by atoms with Gasteiger partial charge in [-0.2, -0.15) is 0 Å². The summed E-state index contributed by atoms with van der Waals surface area (Å²) in [5.74, 6) is -1.13. The van der Waals surface area contributed by atoms with Gasteiger partial charge in [-0.15, -0.1) is 0 Å². The number of anilines is 1. The molecule has 1 fully saturated rings. The lowest BCUT2D eigenvalue weighted by Gasteiger charge is -2.19. The quantitative estimate of drug-likeness (QED) is 0.749. The molecule has 1 amide bonds. The van der Waals surface area contributed by atoms with Gasteiger partial charge in [0.05, 0.1) is 12.8 Å². The monoisotopic (exact) mass is 383 g/mol. The minimum absolute atomic E-state index is 0.156. The first-order valence-corrected chi connectivity index (χ1v) is 9.00. The largest absolute Gasteiger partial charge is 0.481 e. The summed E-state index contributed by atoms with van der Waals surface area (Å²) in [5.41, 5.74) is 0.602. The molecule has 1 atom stereocenters. The molecule has 1 aliphatic rings. The Morgan fingerprint density at radius 2 is 2.04 bits per heavy atom. The van der Waals surface area contributed by atoms with Gasteiger partial charge >= 0.3 is 0 Å². The number of halogens is 2. The summed E-state index contributed by atoms with van der Waals surface area (Å²) < 4.78 is 32.4. The summed E-state index contributed by atoms with van der Waals surface area (Å²) >= 11 is 0. The zero-order chi connectivity index (χ0) is 19.7. The van der Waals surface area contributed by atoms with Crippen molar-refractivity contribution in [3.63, 3.8) is 0 Å². The van der Waals surface area contributed by atoms with Crippen molar-refractivity contribution in [1.29, 1.82) is 0 Å². The lowest BCUT2D eigenvalue weighted by Crippen LogP contribution is -2.37. The molecular formula is C21H19F2N3O2. The van der Waals surface area contributed by atoms with E-state index in [1.54, 1.807) is 11.0 Å². The maximum Gasteiger partial charge on any atom is 0.270 e. The zero-order valence-electron chi connectivity index (χ0n) is 15.3. The highest BCUT2D eigenvalue weighted by Gasteiger charge is 2.27. The van der Waals surface area contributed by atoms with Gasteiger partial charge in [-0.25, -0.2) is 13.8 Å². The Morgan fingerprint density at radius 3 is 2.82 bits per heavy atom. The third kappa shape index (κ3) is 3.47. The van der Waals surface area contributed by atoms with Crippen LogP contribution in [0.1, 0.15) is 16.9 Å². The molecule has 144 valence electrons. The van der Waals surface area contributed by atoms with E-state index in [4.69, 9.17) is 4.74 Å². The number of rotatable bonds is 4. The van der Waals surface area contributed by atoms with Gasteiger partial charge in [0.25, 0.3) is 5.91 Å². The molecule has 2 aromatic carbocycles. The smallest absolute Gasteiger partial charge is 0.270 e. The van der Waals surface area contributed by atoms with E-state index >= 15 is 0 Å². The van der Waals surface area contributed by atoms with Crippen LogP contribution in [0.2, 0.25) is 0 Å². The fourth-order valence-electron chi connectivity index (χ4n) is 3.53. The molecule has 4 rings (SSSR count). The highest BCUT2D eigenvalue weighted by molar-refractivity contribution is 5.98. The van der Waals surface area contributed by atoms with E-state index < -0.39 is 11.6 Å². The summed E-state index contributed by atoms with van der Waals surface area (Å²) in [6.45, 7) is 1.01. The topological polar surface area (TPSA) is 54.5 Å². The van der Waals surface area contributed by atoms with Crippen molar-refractivity contribution >= 4 is 22.4 Å². The Bertz CT molecular complexity index is 1040. The molecule has 1 saturated heterocycles. The van der Waals surface area contributed by atoms with E-state index in [1.807, 2.05) is 24.3 Å². The lowest BCUT2D eigenvalue weighted by molar-refractivity contribution is 0.0934. The van der Waals surface area contributed by atoms with Crippen molar-refractivity contribution in [3.8, 4) is 5.88 Å². The van der Waals surface area contributed by atoms with Crippen LogP contribution in [-0.4, -0.2) is 37.1 Å². The summed E-state index contributed by atoms with van der Waals surface area (Å²) in [4.78, 5) is 18.8. The van der Waals surface area contributed by atoms with Gasteiger partial charge in [-0.1, -0.05) is 18.2 Å². The van der Waals surface area contributed by atoms with Gasteiger partial charge in [0, 0.05) is 30.6 Å². The summed E-state index contributed by atoms with van der Waals surface area (Å²) in [5, 5.41) is 4.64. The normalized spacial score (nSPS) is 16.4. The van der Waals surface area contributed by atoms with Crippen LogP contribution < -0.4 is 15.0 Å². The predicted octanol–water partition coefficient (Wildman–Crippen LogP) is 3.53. The first-order valence-electron chi connectivity index (χ1n) is 9.00. The minimum atomic E-state index is -0.610. The van der Waals surface area contributed by atoms with Crippen molar-refractivity contribution in [2.75, 3.05) is 25.1 Å². The molecule has 0 bridgehead atoms. The fourth-order valence-corrected chi connectivity index (χ4v) is 3.53. The molecule has 0 saturated carbocycles. The number of methoxy groups -OCH3 is 1. The zero-order valence-corrected chi connectivity index (χ0v) is 15.3. The van der Waals surface area contributed by atoms with Crippen molar-refractivity contribution in [2.24, 2.45) is 0 Å². The van der Waals surface area contributed by atoms with E-state index in [2.05, 4.69) is 10.3 Å². The van der Waals surface area contributed by atoms with Gasteiger partial charge in [0.1, 0.15) is 17.3 Å². The molecule has 1 aromatic heterocycles. The first-order chi connectivity index (χ1) is 13.5. The molecule has 5 nitrogen and oxygen atoms in total. The highest BCUT2D eigenvalue weighted by Crippen LogP contribution is 2.26. The molecule has 0 spiro atoms. The molecule has 1 aliphatic heterocycles. The SMILES string of the molecule is COc1nc(C(=O)NC2CCN(c3ccc(F)cc3F)C2)cc2ccccc12. The van der Waals surface area contributed by atoms with Crippen LogP contribution in [-0.2, 0) is 0 Å². The maximum atomic E-state index is 14.0. The second-order valence-corrected chi connectivity index (χ2v) is 6.74. The molecule has 1 unspecified atom stereocenters. The average Bonchev–Trinajstić information content (AvgIpc) is 3.15. The third-order valence-electron chi connectivity index (χ3n) is 4.91. The number of carbonyl (C=O) groups is 1. The van der Waals surface area contributed by atoms with E-state index in [9.17, 15) is 13.6 Å². The van der Waals surface area contributed by atoms with Crippen molar-refractivity contribution < 1.29 is 18.3 Å². The maximum absolute atomic E-state index is 14.0. The number of pyridine rings is 1. The molecule has 3 aromatic rings. The summed E-state index contributed by atoms with van der Waals surface area (Å²) in [7, 11) is 1.52. The van der Waals surface area contributed by atoms with Crippen LogP contribution in [0.3, 0.4) is 0 Å².